The smallest absolute Gasteiger partial charge is 0.330 e. The monoisotopic (exact) mass is 293 g/mol. The van der Waals surface area contributed by atoms with Gasteiger partial charge in [-0.25, -0.2) is 0 Å². The van der Waals surface area contributed by atoms with Gasteiger partial charge in [0.1, 0.15) is 0 Å². The Hall–Kier alpha value is -1.81. The number of rotatable bonds is 5. The van der Waals surface area contributed by atoms with Gasteiger partial charge in [-0.3, -0.25) is 0 Å². The number of alkyl halides is 3. The van der Waals surface area contributed by atoms with Crippen LogP contribution in [0.15, 0.2) is 54.6 Å². The zero-order valence-electron chi connectivity index (χ0n) is 11.6. The van der Waals surface area contributed by atoms with Gasteiger partial charge >= 0.3 is 6.18 Å². The van der Waals surface area contributed by atoms with Crippen LogP contribution in [0.5, 0.6) is 0 Å². The van der Waals surface area contributed by atoms with E-state index in [-0.39, 0.29) is 5.92 Å². The summed E-state index contributed by atoms with van der Waals surface area (Å²) >= 11 is 0. The van der Waals surface area contributed by atoms with Crippen LogP contribution in [0.4, 0.5) is 13.2 Å². The van der Waals surface area contributed by atoms with Crippen molar-refractivity contribution < 1.29 is 13.2 Å². The van der Waals surface area contributed by atoms with Gasteiger partial charge in [0.15, 0.2) is 0 Å². The first-order valence-electron chi connectivity index (χ1n) is 6.92. The SMILES string of the molecule is NCC(CCc1ccc(C(F)(F)F)cc1)c1ccccc1. The van der Waals surface area contributed by atoms with E-state index in [0.717, 1.165) is 30.5 Å². The maximum atomic E-state index is 12.5. The highest BCUT2D eigenvalue weighted by molar-refractivity contribution is 5.25. The fourth-order valence-electron chi connectivity index (χ4n) is 2.35. The molecule has 0 aliphatic heterocycles. The van der Waals surface area contributed by atoms with E-state index in [4.69, 9.17) is 5.73 Å². The molecule has 0 fully saturated rings. The molecule has 1 atom stereocenters. The van der Waals surface area contributed by atoms with Crippen LogP contribution < -0.4 is 5.73 Å². The second-order valence-corrected chi connectivity index (χ2v) is 5.08. The summed E-state index contributed by atoms with van der Waals surface area (Å²) in [7, 11) is 0. The van der Waals surface area contributed by atoms with E-state index in [1.54, 1.807) is 12.1 Å². The maximum Gasteiger partial charge on any atom is 0.416 e. The van der Waals surface area contributed by atoms with Crippen molar-refractivity contribution in [1.29, 1.82) is 0 Å². The lowest BCUT2D eigenvalue weighted by Crippen LogP contribution is -2.13. The fraction of sp³-hybridized carbons (Fsp3) is 0.294. The number of halogens is 3. The van der Waals surface area contributed by atoms with Gasteiger partial charge in [0.2, 0.25) is 0 Å². The number of nitrogens with two attached hydrogens (primary N) is 1. The van der Waals surface area contributed by atoms with E-state index in [2.05, 4.69) is 0 Å². The molecule has 0 aromatic heterocycles. The Morgan fingerprint density at radius 1 is 0.905 bits per heavy atom. The van der Waals surface area contributed by atoms with Crippen molar-refractivity contribution in [3.05, 3.63) is 71.3 Å². The molecule has 0 saturated heterocycles. The summed E-state index contributed by atoms with van der Waals surface area (Å²) in [6.07, 6.45) is -2.73. The van der Waals surface area contributed by atoms with Crippen molar-refractivity contribution >= 4 is 0 Å². The van der Waals surface area contributed by atoms with E-state index in [0.29, 0.717) is 6.54 Å². The van der Waals surface area contributed by atoms with E-state index >= 15 is 0 Å². The zero-order valence-corrected chi connectivity index (χ0v) is 11.6. The summed E-state index contributed by atoms with van der Waals surface area (Å²) in [6.45, 7) is 0.532. The molecule has 2 aromatic carbocycles. The molecular weight excluding hydrogens is 275 g/mol. The second kappa shape index (κ2) is 6.76. The minimum atomic E-state index is -4.28. The Morgan fingerprint density at radius 3 is 2.05 bits per heavy atom. The normalized spacial score (nSPS) is 13.1. The lowest BCUT2D eigenvalue weighted by Gasteiger charge is -2.15. The molecule has 4 heteroatoms. The molecule has 0 saturated carbocycles. The molecule has 2 rings (SSSR count). The molecule has 0 radical (unpaired) electrons. The Kier molecular flexibility index (Phi) is 5.02. The summed E-state index contributed by atoms with van der Waals surface area (Å²) in [5, 5.41) is 0. The third kappa shape index (κ3) is 4.33. The van der Waals surface area contributed by atoms with E-state index < -0.39 is 11.7 Å². The zero-order chi connectivity index (χ0) is 15.3. The van der Waals surface area contributed by atoms with Crippen LogP contribution in [-0.4, -0.2) is 6.54 Å². The van der Waals surface area contributed by atoms with Crippen LogP contribution in [0, 0.1) is 0 Å². The van der Waals surface area contributed by atoms with E-state index in [1.165, 1.54) is 5.56 Å². The predicted octanol–water partition coefficient (Wildman–Crippen LogP) is 4.38. The molecule has 1 unspecified atom stereocenters. The molecule has 2 aromatic rings. The van der Waals surface area contributed by atoms with Gasteiger partial charge < -0.3 is 5.73 Å². The lowest BCUT2D eigenvalue weighted by molar-refractivity contribution is -0.137. The van der Waals surface area contributed by atoms with Crippen LogP contribution >= 0.6 is 0 Å². The van der Waals surface area contributed by atoms with Crippen molar-refractivity contribution in [2.75, 3.05) is 6.54 Å². The molecule has 0 amide bonds. The number of benzene rings is 2. The molecule has 0 bridgehead atoms. The van der Waals surface area contributed by atoms with Crippen LogP contribution in [0.2, 0.25) is 0 Å². The summed E-state index contributed by atoms with van der Waals surface area (Å²) < 4.78 is 37.5. The topological polar surface area (TPSA) is 26.0 Å². The van der Waals surface area contributed by atoms with Crippen molar-refractivity contribution in [2.24, 2.45) is 5.73 Å². The van der Waals surface area contributed by atoms with Gasteiger partial charge in [-0.1, -0.05) is 42.5 Å². The molecule has 21 heavy (non-hydrogen) atoms. The molecule has 112 valence electrons. The van der Waals surface area contributed by atoms with Crippen LogP contribution in [0.25, 0.3) is 0 Å². The predicted molar refractivity (Wildman–Crippen MR) is 78.0 cm³/mol. The molecular formula is C17H18F3N. The van der Waals surface area contributed by atoms with Crippen molar-refractivity contribution in [1.82, 2.24) is 0 Å². The summed E-state index contributed by atoms with van der Waals surface area (Å²) in [5.41, 5.74) is 7.27. The van der Waals surface area contributed by atoms with Gasteiger partial charge in [-0.05, 0) is 48.6 Å². The fourth-order valence-corrected chi connectivity index (χ4v) is 2.35. The van der Waals surface area contributed by atoms with Crippen LogP contribution in [0.1, 0.15) is 29.0 Å². The quantitative estimate of drug-likeness (QED) is 0.869. The minimum absolute atomic E-state index is 0.230. The molecule has 0 aliphatic carbocycles. The largest absolute Gasteiger partial charge is 0.416 e. The average Bonchev–Trinajstić information content (AvgIpc) is 2.48. The van der Waals surface area contributed by atoms with Gasteiger partial charge in [-0.2, -0.15) is 13.2 Å². The van der Waals surface area contributed by atoms with Crippen molar-refractivity contribution in [3.63, 3.8) is 0 Å². The lowest BCUT2D eigenvalue weighted by atomic mass is 9.92. The van der Waals surface area contributed by atoms with Gasteiger partial charge in [0.25, 0.3) is 0 Å². The molecule has 0 aliphatic rings. The molecule has 2 N–H and O–H groups in total. The molecule has 0 heterocycles. The Bertz CT molecular complexity index is 546. The van der Waals surface area contributed by atoms with Gasteiger partial charge in [-0.15, -0.1) is 0 Å². The third-order valence-electron chi connectivity index (χ3n) is 3.62. The van der Waals surface area contributed by atoms with Crippen LogP contribution in [0.3, 0.4) is 0 Å². The minimum Gasteiger partial charge on any atom is -0.330 e. The first-order valence-corrected chi connectivity index (χ1v) is 6.92. The van der Waals surface area contributed by atoms with Crippen molar-refractivity contribution in [2.45, 2.75) is 24.9 Å². The second-order valence-electron chi connectivity index (χ2n) is 5.08. The molecule has 1 nitrogen and oxygen atoms in total. The Balaban J connectivity index is 1.99. The number of hydrogen-bond donors (Lipinski definition) is 1. The highest BCUT2D eigenvalue weighted by Crippen LogP contribution is 2.29. The first-order chi connectivity index (χ1) is 10.0. The van der Waals surface area contributed by atoms with Gasteiger partial charge in [0.05, 0.1) is 5.56 Å². The highest BCUT2D eigenvalue weighted by atomic mass is 19.4. The Morgan fingerprint density at radius 2 is 1.52 bits per heavy atom. The highest BCUT2D eigenvalue weighted by Gasteiger charge is 2.29. The Labute approximate surface area is 122 Å². The summed E-state index contributed by atoms with van der Waals surface area (Å²) in [5.74, 6) is 0.230. The maximum absolute atomic E-state index is 12.5. The third-order valence-corrected chi connectivity index (χ3v) is 3.62. The van der Waals surface area contributed by atoms with Crippen molar-refractivity contribution in [3.8, 4) is 0 Å². The van der Waals surface area contributed by atoms with Crippen LogP contribution in [-0.2, 0) is 12.6 Å². The van der Waals surface area contributed by atoms with Gasteiger partial charge in [0, 0.05) is 0 Å². The first kappa shape index (κ1) is 15.6. The van der Waals surface area contributed by atoms with E-state index in [9.17, 15) is 13.2 Å². The number of aryl methyl sites for hydroxylation is 1. The summed E-state index contributed by atoms with van der Waals surface area (Å²) in [6, 6.07) is 15.3. The van der Waals surface area contributed by atoms with E-state index in [1.807, 2.05) is 30.3 Å². The summed E-state index contributed by atoms with van der Waals surface area (Å²) in [4.78, 5) is 0. The molecule has 0 spiro atoms. The standard InChI is InChI=1S/C17H18F3N/c18-17(19,20)16-10-7-13(8-11-16)6-9-15(12-21)14-4-2-1-3-5-14/h1-5,7-8,10-11,15H,6,9,12,21H2. The average molecular weight is 293 g/mol. The number of hydrogen-bond acceptors (Lipinski definition) is 1.